The zero-order valence-corrected chi connectivity index (χ0v) is 16.7. The van der Waals surface area contributed by atoms with Crippen LogP contribution in [-0.4, -0.2) is 39.4 Å². The maximum atomic E-state index is 13.1. The highest BCUT2D eigenvalue weighted by atomic mass is 16.2. The predicted molar refractivity (Wildman–Crippen MR) is 108 cm³/mol. The lowest BCUT2D eigenvalue weighted by Gasteiger charge is -2.40. The number of fused-ring (bicyclic) bond motifs is 1. The van der Waals surface area contributed by atoms with Gasteiger partial charge in [0.2, 0.25) is 0 Å². The second-order valence-electron chi connectivity index (χ2n) is 8.57. The van der Waals surface area contributed by atoms with Crippen molar-refractivity contribution in [3.05, 3.63) is 41.1 Å². The van der Waals surface area contributed by atoms with Gasteiger partial charge in [-0.1, -0.05) is 42.7 Å². The van der Waals surface area contributed by atoms with Crippen LogP contribution in [-0.2, 0) is 6.42 Å². The summed E-state index contributed by atoms with van der Waals surface area (Å²) >= 11 is 0. The Morgan fingerprint density at radius 1 is 1.11 bits per heavy atom. The smallest absolute Gasteiger partial charge is 0.273 e. The lowest BCUT2D eigenvalue weighted by molar-refractivity contribution is 0.0584. The van der Waals surface area contributed by atoms with E-state index in [9.17, 15) is 4.79 Å². The fraction of sp³-hybridized carbons (Fsp3) is 0.500. The molecule has 1 aromatic heterocycles. The number of carbonyl (C=O) groups excluding carboxylic acids is 1. The molecule has 1 fully saturated rings. The third-order valence-corrected chi connectivity index (χ3v) is 6.04. The molecule has 0 unspecified atom stereocenters. The summed E-state index contributed by atoms with van der Waals surface area (Å²) in [5.74, 6) is 1.44. The fourth-order valence-electron chi connectivity index (χ4n) is 4.03. The number of hydrogen-bond donors (Lipinski definition) is 1. The first-order valence-corrected chi connectivity index (χ1v) is 9.88. The lowest BCUT2D eigenvalue weighted by atomic mass is 9.87. The topological polar surface area (TPSA) is 58.1 Å². The van der Waals surface area contributed by atoms with Gasteiger partial charge < -0.3 is 10.2 Å². The molecule has 0 bridgehead atoms. The van der Waals surface area contributed by atoms with Crippen LogP contribution in [0.2, 0.25) is 0 Å². The SMILES string of the molecule is Cc1ccc(-c2nc(NC3CCCC3)c3c(n2)C(=O)N(C)C(C)(C)C3)cc1. The van der Waals surface area contributed by atoms with E-state index >= 15 is 0 Å². The number of benzene rings is 1. The van der Waals surface area contributed by atoms with Gasteiger partial charge in [-0.3, -0.25) is 4.79 Å². The number of rotatable bonds is 3. The Morgan fingerprint density at radius 2 is 1.78 bits per heavy atom. The zero-order chi connectivity index (χ0) is 19.2. The van der Waals surface area contributed by atoms with Crippen molar-refractivity contribution in [1.29, 1.82) is 0 Å². The van der Waals surface area contributed by atoms with Crippen molar-refractivity contribution in [3.8, 4) is 11.4 Å². The quantitative estimate of drug-likeness (QED) is 0.886. The molecule has 0 atom stereocenters. The van der Waals surface area contributed by atoms with Crippen LogP contribution in [0.5, 0.6) is 0 Å². The Labute approximate surface area is 161 Å². The normalized spacial score (nSPS) is 19.3. The van der Waals surface area contributed by atoms with Crippen LogP contribution < -0.4 is 5.32 Å². The number of aryl methyl sites for hydroxylation is 1. The van der Waals surface area contributed by atoms with Crippen molar-refractivity contribution in [1.82, 2.24) is 14.9 Å². The molecule has 142 valence electrons. The van der Waals surface area contributed by atoms with Gasteiger partial charge in [-0.2, -0.15) is 0 Å². The highest BCUT2D eigenvalue weighted by molar-refractivity contribution is 5.97. The van der Waals surface area contributed by atoms with Gasteiger partial charge in [-0.15, -0.1) is 0 Å². The van der Waals surface area contributed by atoms with Crippen molar-refractivity contribution in [2.75, 3.05) is 12.4 Å². The number of nitrogens with zero attached hydrogens (tertiary/aromatic N) is 3. The Morgan fingerprint density at radius 3 is 2.44 bits per heavy atom. The standard InChI is InChI=1S/C22H28N4O/c1-14-9-11-15(12-10-14)19-24-18-17(13-22(2,3)26(4)21(18)27)20(25-19)23-16-7-5-6-8-16/h9-12,16H,5-8,13H2,1-4H3,(H,23,24,25). The van der Waals surface area contributed by atoms with Crippen LogP contribution in [0.25, 0.3) is 11.4 Å². The largest absolute Gasteiger partial charge is 0.367 e. The third kappa shape index (κ3) is 3.31. The van der Waals surface area contributed by atoms with Gasteiger partial charge in [0.25, 0.3) is 5.91 Å². The van der Waals surface area contributed by atoms with E-state index in [2.05, 4.69) is 38.2 Å². The number of carbonyl (C=O) groups is 1. The molecule has 1 aliphatic carbocycles. The van der Waals surface area contributed by atoms with Crippen LogP contribution in [0.15, 0.2) is 24.3 Å². The van der Waals surface area contributed by atoms with Gasteiger partial charge in [0.15, 0.2) is 5.82 Å². The maximum absolute atomic E-state index is 13.1. The summed E-state index contributed by atoms with van der Waals surface area (Å²) in [6.07, 6.45) is 5.59. The Bertz CT molecular complexity index is 867. The van der Waals surface area contributed by atoms with Gasteiger partial charge in [0.1, 0.15) is 11.5 Å². The molecule has 1 aliphatic heterocycles. The molecule has 1 aromatic carbocycles. The molecular formula is C22H28N4O. The van der Waals surface area contributed by atoms with Gasteiger partial charge >= 0.3 is 0 Å². The zero-order valence-electron chi connectivity index (χ0n) is 16.7. The molecular weight excluding hydrogens is 336 g/mol. The highest BCUT2D eigenvalue weighted by Gasteiger charge is 2.39. The minimum absolute atomic E-state index is 0.0218. The lowest BCUT2D eigenvalue weighted by Crippen LogP contribution is -2.51. The molecule has 1 saturated carbocycles. The van der Waals surface area contributed by atoms with E-state index < -0.39 is 0 Å². The van der Waals surface area contributed by atoms with E-state index in [1.165, 1.54) is 18.4 Å². The van der Waals surface area contributed by atoms with E-state index in [-0.39, 0.29) is 11.4 Å². The predicted octanol–water partition coefficient (Wildman–Crippen LogP) is 4.21. The van der Waals surface area contributed by atoms with Crippen molar-refractivity contribution in [3.63, 3.8) is 0 Å². The van der Waals surface area contributed by atoms with E-state index in [0.29, 0.717) is 17.6 Å². The molecule has 4 rings (SSSR count). The molecule has 2 aliphatic rings. The Hall–Kier alpha value is -2.43. The maximum Gasteiger partial charge on any atom is 0.273 e. The summed E-state index contributed by atoms with van der Waals surface area (Å²) in [7, 11) is 1.86. The fourth-order valence-corrected chi connectivity index (χ4v) is 4.03. The minimum Gasteiger partial charge on any atom is -0.367 e. The molecule has 0 spiro atoms. The first kappa shape index (κ1) is 18.0. The van der Waals surface area contributed by atoms with Crippen LogP contribution in [0.1, 0.15) is 61.1 Å². The van der Waals surface area contributed by atoms with E-state index in [0.717, 1.165) is 36.2 Å². The average Bonchev–Trinajstić information content (AvgIpc) is 3.14. The number of nitrogens with one attached hydrogen (secondary N) is 1. The number of likely N-dealkylation sites (N-methyl/N-ethyl adjacent to an activating group) is 1. The second kappa shape index (κ2) is 6.63. The summed E-state index contributed by atoms with van der Waals surface area (Å²) < 4.78 is 0. The van der Waals surface area contributed by atoms with Crippen molar-refractivity contribution >= 4 is 11.7 Å². The minimum atomic E-state index is -0.245. The molecule has 5 nitrogen and oxygen atoms in total. The molecule has 2 aromatic rings. The van der Waals surface area contributed by atoms with Crippen LogP contribution in [0.3, 0.4) is 0 Å². The highest BCUT2D eigenvalue weighted by Crippen LogP contribution is 2.35. The van der Waals surface area contributed by atoms with E-state index in [1.54, 1.807) is 4.90 Å². The van der Waals surface area contributed by atoms with Crippen LogP contribution in [0.4, 0.5) is 5.82 Å². The van der Waals surface area contributed by atoms with Crippen molar-refractivity contribution in [2.24, 2.45) is 0 Å². The molecule has 0 saturated heterocycles. The van der Waals surface area contributed by atoms with Crippen LogP contribution >= 0.6 is 0 Å². The molecule has 1 amide bonds. The number of amides is 1. The summed E-state index contributed by atoms with van der Waals surface area (Å²) in [6.45, 7) is 6.26. The molecule has 27 heavy (non-hydrogen) atoms. The summed E-state index contributed by atoms with van der Waals surface area (Å²) in [6, 6.07) is 8.60. The Kier molecular flexibility index (Phi) is 4.41. The van der Waals surface area contributed by atoms with Crippen molar-refractivity contribution in [2.45, 2.75) is 64.5 Å². The van der Waals surface area contributed by atoms with Gasteiger partial charge in [0, 0.05) is 36.2 Å². The summed E-state index contributed by atoms with van der Waals surface area (Å²) in [5, 5.41) is 3.64. The Balaban J connectivity index is 1.83. The third-order valence-electron chi connectivity index (χ3n) is 6.04. The molecule has 0 radical (unpaired) electrons. The first-order chi connectivity index (χ1) is 12.8. The van der Waals surface area contributed by atoms with Gasteiger partial charge in [-0.25, -0.2) is 9.97 Å². The van der Waals surface area contributed by atoms with Gasteiger partial charge in [0.05, 0.1) is 0 Å². The van der Waals surface area contributed by atoms with Crippen molar-refractivity contribution < 1.29 is 4.79 Å². The van der Waals surface area contributed by atoms with E-state index in [4.69, 9.17) is 9.97 Å². The summed E-state index contributed by atoms with van der Waals surface area (Å²) in [4.78, 5) is 24.5. The average molecular weight is 364 g/mol. The number of aromatic nitrogens is 2. The number of anilines is 1. The van der Waals surface area contributed by atoms with Crippen LogP contribution in [0, 0.1) is 6.92 Å². The monoisotopic (exact) mass is 364 g/mol. The van der Waals surface area contributed by atoms with E-state index in [1.807, 2.05) is 19.2 Å². The molecule has 2 heterocycles. The first-order valence-electron chi connectivity index (χ1n) is 9.88. The summed E-state index contributed by atoms with van der Waals surface area (Å²) in [5.41, 5.74) is 3.40. The molecule has 1 N–H and O–H groups in total. The second-order valence-corrected chi connectivity index (χ2v) is 8.57. The molecule has 5 heteroatoms. The van der Waals surface area contributed by atoms with Gasteiger partial charge in [-0.05, 0) is 33.6 Å². The number of hydrogen-bond acceptors (Lipinski definition) is 4.